The average Bonchev–Trinajstić information content (AvgIpc) is 3.44. The van der Waals surface area contributed by atoms with Crippen molar-refractivity contribution < 1.29 is 14.0 Å². The summed E-state index contributed by atoms with van der Waals surface area (Å²) in [6.45, 7) is 6.38. The molecule has 0 radical (unpaired) electrons. The molecule has 2 aromatic carbocycles. The van der Waals surface area contributed by atoms with Crippen molar-refractivity contribution in [3.8, 4) is 17.0 Å². The number of nitrogens with one attached hydrogen (secondary N) is 2. The first-order chi connectivity index (χ1) is 20.7. The van der Waals surface area contributed by atoms with Crippen LogP contribution in [0.15, 0.2) is 65.5 Å². The Hall–Kier alpha value is -3.99. The van der Waals surface area contributed by atoms with E-state index in [0.29, 0.717) is 46.6 Å². The number of anilines is 5. The summed E-state index contributed by atoms with van der Waals surface area (Å²) in [5.41, 5.74) is 4.91. The van der Waals surface area contributed by atoms with Crippen LogP contribution < -0.4 is 25.6 Å². The summed E-state index contributed by atoms with van der Waals surface area (Å²) in [5.74, 6) is 1.49. The highest BCUT2D eigenvalue weighted by molar-refractivity contribution is 9.10. The molecule has 4 heterocycles. The summed E-state index contributed by atoms with van der Waals surface area (Å²) >= 11 is 3.57. The van der Waals surface area contributed by atoms with Gasteiger partial charge in [0.05, 0.1) is 59.3 Å². The van der Waals surface area contributed by atoms with Gasteiger partial charge in [-0.25, -0.2) is 4.98 Å². The van der Waals surface area contributed by atoms with Gasteiger partial charge in [0.25, 0.3) is 0 Å². The monoisotopic (exact) mass is 662 g/mol. The maximum Gasteiger partial charge on any atom is 0.229 e. The lowest BCUT2D eigenvalue weighted by Crippen LogP contribution is -2.36. The van der Waals surface area contributed by atoms with Crippen LogP contribution in [0.3, 0.4) is 0 Å². The number of fused-ring (bicyclic) bond motifs is 1. The van der Waals surface area contributed by atoms with Crippen molar-refractivity contribution in [2.75, 3.05) is 62.3 Å². The van der Waals surface area contributed by atoms with Gasteiger partial charge < -0.3 is 29.6 Å². The summed E-state index contributed by atoms with van der Waals surface area (Å²) in [6.07, 6.45) is 5.29. The molecule has 222 valence electrons. The van der Waals surface area contributed by atoms with Gasteiger partial charge in [-0.05, 0) is 47.5 Å². The molecular weight excluding hydrogens is 631 g/mol. The van der Waals surface area contributed by atoms with Crippen LogP contribution in [0.4, 0.5) is 28.8 Å². The van der Waals surface area contributed by atoms with Gasteiger partial charge in [0, 0.05) is 54.9 Å². The van der Waals surface area contributed by atoms with Crippen LogP contribution in [0.25, 0.3) is 22.2 Å². The van der Waals surface area contributed by atoms with Crippen LogP contribution in [0.5, 0.6) is 5.75 Å². The third-order valence-corrected chi connectivity index (χ3v) is 9.33. The number of methoxy groups -OCH3 is 1. The second-order valence-corrected chi connectivity index (χ2v) is 14.6. The number of hydrogen-bond donors (Lipinski definition) is 2. The summed E-state index contributed by atoms with van der Waals surface area (Å²) in [5, 5.41) is 12.9. The molecule has 11 nitrogen and oxygen atoms in total. The fraction of sp³-hybridized carbons (Fsp3) is 0.267. The van der Waals surface area contributed by atoms with Crippen LogP contribution in [0.1, 0.15) is 0 Å². The normalized spacial score (nSPS) is 13.7. The molecule has 0 atom stereocenters. The van der Waals surface area contributed by atoms with Crippen molar-refractivity contribution in [3.05, 3.63) is 65.5 Å². The fourth-order valence-electron chi connectivity index (χ4n) is 5.23. The predicted octanol–water partition coefficient (Wildman–Crippen LogP) is 5.77. The lowest BCUT2D eigenvalue weighted by Gasteiger charge is -2.31. The first-order valence-corrected chi connectivity index (χ1v) is 17.2. The summed E-state index contributed by atoms with van der Waals surface area (Å²) in [4.78, 5) is 16.1. The third-order valence-electron chi connectivity index (χ3n) is 7.19. The van der Waals surface area contributed by atoms with Gasteiger partial charge in [-0.1, -0.05) is 18.2 Å². The molecule has 43 heavy (non-hydrogen) atoms. The third kappa shape index (κ3) is 6.08. The first-order valence-electron chi connectivity index (χ1n) is 13.8. The molecular formula is C30H32BrN8O3P. The highest BCUT2D eigenvalue weighted by Gasteiger charge is 2.23. The van der Waals surface area contributed by atoms with Crippen LogP contribution >= 0.6 is 23.1 Å². The number of aromatic nitrogens is 5. The van der Waals surface area contributed by atoms with Crippen molar-refractivity contribution in [2.24, 2.45) is 7.05 Å². The molecule has 5 aromatic rings. The SMILES string of the molecule is COc1cc(N2CCOCC2)c(-c2ccn(C)n2)cc1Nc1ncc(Br)c(Nc2cnc3ccccc3c2P(C)(C)=O)n1. The molecule has 0 amide bonds. The molecule has 1 fully saturated rings. The lowest BCUT2D eigenvalue weighted by molar-refractivity contribution is 0.122. The number of rotatable bonds is 8. The fourth-order valence-corrected chi connectivity index (χ4v) is 6.98. The predicted molar refractivity (Wildman–Crippen MR) is 175 cm³/mol. The van der Waals surface area contributed by atoms with Crippen molar-refractivity contribution in [2.45, 2.75) is 0 Å². The van der Waals surface area contributed by atoms with Crippen molar-refractivity contribution in [3.63, 3.8) is 0 Å². The van der Waals surface area contributed by atoms with Crippen LogP contribution in [0.2, 0.25) is 0 Å². The minimum atomic E-state index is -2.69. The number of aryl methyl sites for hydroxylation is 1. The molecule has 0 unspecified atom stereocenters. The van der Waals surface area contributed by atoms with Gasteiger partial charge in [0.2, 0.25) is 5.95 Å². The van der Waals surface area contributed by atoms with Gasteiger partial charge >= 0.3 is 0 Å². The second kappa shape index (κ2) is 11.9. The maximum atomic E-state index is 13.4. The van der Waals surface area contributed by atoms with Gasteiger partial charge in [-0.3, -0.25) is 9.67 Å². The van der Waals surface area contributed by atoms with Crippen LogP contribution in [-0.2, 0) is 16.3 Å². The number of para-hydroxylation sites is 1. The van der Waals surface area contributed by atoms with E-state index in [2.05, 4.69) is 46.5 Å². The van der Waals surface area contributed by atoms with E-state index in [1.807, 2.05) is 55.7 Å². The van der Waals surface area contributed by atoms with E-state index in [1.54, 1.807) is 37.5 Å². The Bertz CT molecular complexity index is 1850. The number of benzene rings is 2. The van der Waals surface area contributed by atoms with Gasteiger partial charge in [-0.15, -0.1) is 0 Å². The van der Waals surface area contributed by atoms with E-state index >= 15 is 0 Å². The Morgan fingerprint density at radius 2 is 1.81 bits per heavy atom. The van der Waals surface area contributed by atoms with E-state index in [-0.39, 0.29) is 0 Å². The minimum absolute atomic E-state index is 0.349. The van der Waals surface area contributed by atoms with Gasteiger partial charge in [-0.2, -0.15) is 10.1 Å². The molecule has 3 aromatic heterocycles. The molecule has 2 N–H and O–H groups in total. The van der Waals surface area contributed by atoms with Crippen molar-refractivity contribution >= 4 is 68.1 Å². The van der Waals surface area contributed by atoms with E-state index in [4.69, 9.17) is 14.5 Å². The van der Waals surface area contributed by atoms with Crippen molar-refractivity contribution in [1.29, 1.82) is 0 Å². The number of halogens is 1. The van der Waals surface area contributed by atoms with Crippen molar-refractivity contribution in [1.82, 2.24) is 24.7 Å². The smallest absolute Gasteiger partial charge is 0.229 e. The largest absolute Gasteiger partial charge is 0.494 e. The number of ether oxygens (including phenoxy) is 2. The topological polar surface area (TPSA) is 119 Å². The Morgan fingerprint density at radius 3 is 2.53 bits per heavy atom. The molecule has 1 aliphatic heterocycles. The number of pyridine rings is 1. The van der Waals surface area contributed by atoms with E-state index in [9.17, 15) is 4.57 Å². The molecule has 0 bridgehead atoms. The Balaban J connectivity index is 1.38. The average molecular weight is 664 g/mol. The van der Waals surface area contributed by atoms with Crippen LogP contribution in [0, 0.1) is 0 Å². The summed E-state index contributed by atoms with van der Waals surface area (Å²) in [6, 6.07) is 13.7. The molecule has 1 saturated heterocycles. The zero-order chi connectivity index (χ0) is 30.1. The van der Waals surface area contributed by atoms with Gasteiger partial charge in [0.15, 0.2) is 0 Å². The molecule has 6 rings (SSSR count). The highest BCUT2D eigenvalue weighted by atomic mass is 79.9. The van der Waals surface area contributed by atoms with E-state index in [1.165, 1.54) is 0 Å². The molecule has 1 aliphatic rings. The first kappa shape index (κ1) is 29.1. The molecule has 0 saturated carbocycles. The second-order valence-electron chi connectivity index (χ2n) is 10.6. The Morgan fingerprint density at radius 1 is 1.02 bits per heavy atom. The zero-order valence-corrected chi connectivity index (χ0v) is 26.8. The molecule has 0 aliphatic carbocycles. The summed E-state index contributed by atoms with van der Waals surface area (Å²) in [7, 11) is 0.847. The Labute approximate surface area is 258 Å². The Kier molecular flexibility index (Phi) is 8.09. The number of morpholine rings is 1. The quantitative estimate of drug-likeness (QED) is 0.198. The standard InChI is InChI=1S/C30H32BrN8O3P/c1-38-10-9-23(37-38)20-15-24(27(41-2)16-26(20)39-11-13-42-14-12-39)35-30-33-17-21(31)29(36-30)34-25-18-32-22-8-6-5-7-19(22)28(25)43(3,4)40/h5-10,15-18H,11-14H2,1-4H3,(H2,33,34,35,36). The molecule has 13 heteroatoms. The number of nitrogens with zero attached hydrogens (tertiary/aromatic N) is 6. The van der Waals surface area contributed by atoms with Crippen LogP contribution in [-0.4, -0.2) is 71.5 Å². The van der Waals surface area contributed by atoms with E-state index < -0.39 is 7.14 Å². The maximum absolute atomic E-state index is 13.4. The number of hydrogen-bond acceptors (Lipinski definition) is 10. The van der Waals surface area contributed by atoms with Gasteiger partial charge in [0.1, 0.15) is 18.7 Å². The molecule has 0 spiro atoms. The van der Waals surface area contributed by atoms with E-state index in [0.717, 1.165) is 46.2 Å². The highest BCUT2D eigenvalue weighted by Crippen LogP contribution is 2.42. The lowest BCUT2D eigenvalue weighted by atomic mass is 10.1. The zero-order valence-electron chi connectivity index (χ0n) is 24.3. The minimum Gasteiger partial charge on any atom is -0.494 e. The summed E-state index contributed by atoms with van der Waals surface area (Å²) < 4.78 is 27.3.